The standard InChI is InChI=1S/C11H5ClN2/c12-11-7-9(3-1-2-6-13)4-5-10(11)8-14/h4-5,7H,2H2. The van der Waals surface area contributed by atoms with Crippen LogP contribution in [0.25, 0.3) is 0 Å². The van der Waals surface area contributed by atoms with Crippen molar-refractivity contribution in [3.8, 4) is 24.0 Å². The third kappa shape index (κ3) is 2.53. The van der Waals surface area contributed by atoms with Crippen LogP contribution in [0.2, 0.25) is 5.02 Å². The van der Waals surface area contributed by atoms with Crippen molar-refractivity contribution in [2.24, 2.45) is 0 Å². The van der Waals surface area contributed by atoms with Crippen molar-refractivity contribution in [3.05, 3.63) is 34.3 Å². The molecule has 1 aromatic rings. The Morgan fingerprint density at radius 3 is 2.64 bits per heavy atom. The average molecular weight is 201 g/mol. The molecule has 66 valence electrons. The molecule has 2 nitrogen and oxygen atoms in total. The maximum atomic E-state index is 8.61. The summed E-state index contributed by atoms with van der Waals surface area (Å²) in [5, 5.41) is 17.3. The number of benzene rings is 1. The first kappa shape index (κ1) is 10.1. The summed E-state index contributed by atoms with van der Waals surface area (Å²) in [5.41, 5.74) is 1.14. The lowest BCUT2D eigenvalue weighted by Crippen LogP contribution is -1.79. The van der Waals surface area contributed by atoms with Crippen LogP contribution in [0.4, 0.5) is 0 Å². The topological polar surface area (TPSA) is 47.6 Å². The summed E-state index contributed by atoms with van der Waals surface area (Å²) >= 11 is 5.79. The van der Waals surface area contributed by atoms with Crippen LogP contribution in [0.15, 0.2) is 18.2 Å². The zero-order chi connectivity index (χ0) is 10.4. The minimum absolute atomic E-state index is 0.192. The van der Waals surface area contributed by atoms with E-state index in [1.807, 2.05) is 12.1 Å². The van der Waals surface area contributed by atoms with Gasteiger partial charge >= 0.3 is 0 Å². The second-order valence-corrected chi connectivity index (χ2v) is 2.85. The highest BCUT2D eigenvalue weighted by Crippen LogP contribution is 2.16. The molecule has 0 amide bonds. The monoisotopic (exact) mass is 200 g/mol. The number of halogens is 1. The van der Waals surface area contributed by atoms with E-state index in [0.717, 1.165) is 0 Å². The summed E-state index contributed by atoms with van der Waals surface area (Å²) in [4.78, 5) is 0. The van der Waals surface area contributed by atoms with Crippen LogP contribution in [-0.4, -0.2) is 0 Å². The molecule has 0 fully saturated rings. The minimum Gasteiger partial charge on any atom is -0.197 e. The Hall–Kier alpha value is -1.95. The molecule has 0 aliphatic carbocycles. The van der Waals surface area contributed by atoms with E-state index in [9.17, 15) is 0 Å². The first-order chi connectivity index (χ1) is 6.77. The lowest BCUT2D eigenvalue weighted by Gasteiger charge is -1.94. The fourth-order valence-electron chi connectivity index (χ4n) is 0.869. The summed E-state index contributed by atoms with van der Waals surface area (Å²) in [6.07, 6.45) is 0.192. The summed E-state index contributed by atoms with van der Waals surface area (Å²) < 4.78 is 0. The third-order valence-electron chi connectivity index (χ3n) is 1.49. The van der Waals surface area contributed by atoms with Crippen molar-refractivity contribution in [1.29, 1.82) is 10.5 Å². The Kier molecular flexibility index (Phi) is 3.57. The molecule has 0 saturated carbocycles. The quantitative estimate of drug-likeness (QED) is 0.604. The molecule has 0 radical (unpaired) electrons. The zero-order valence-corrected chi connectivity index (χ0v) is 7.97. The van der Waals surface area contributed by atoms with Gasteiger partial charge in [-0.25, -0.2) is 0 Å². The first-order valence-corrected chi connectivity index (χ1v) is 4.21. The summed E-state index contributed by atoms with van der Waals surface area (Å²) in [7, 11) is 0. The maximum Gasteiger partial charge on any atom is 0.101 e. The van der Waals surface area contributed by atoms with Gasteiger partial charge in [0.2, 0.25) is 0 Å². The largest absolute Gasteiger partial charge is 0.197 e. The summed E-state index contributed by atoms with van der Waals surface area (Å²) in [5.74, 6) is 5.43. The molecule has 1 aromatic carbocycles. The number of hydrogen-bond acceptors (Lipinski definition) is 2. The van der Waals surface area contributed by atoms with Gasteiger partial charge in [-0.15, -0.1) is 0 Å². The molecule has 0 aromatic heterocycles. The van der Waals surface area contributed by atoms with Gasteiger partial charge in [0, 0.05) is 5.56 Å². The molecule has 0 atom stereocenters. The minimum atomic E-state index is 0.192. The van der Waals surface area contributed by atoms with E-state index in [-0.39, 0.29) is 6.42 Å². The van der Waals surface area contributed by atoms with Crippen LogP contribution in [0.1, 0.15) is 17.5 Å². The average Bonchev–Trinajstić information content (AvgIpc) is 2.18. The highest BCUT2D eigenvalue weighted by atomic mass is 35.5. The van der Waals surface area contributed by atoms with Gasteiger partial charge in [0.1, 0.15) is 6.07 Å². The number of rotatable bonds is 0. The Bertz CT molecular complexity index is 481. The van der Waals surface area contributed by atoms with Crippen LogP contribution < -0.4 is 0 Å². The van der Waals surface area contributed by atoms with Crippen molar-refractivity contribution in [1.82, 2.24) is 0 Å². The van der Waals surface area contributed by atoms with E-state index in [1.54, 1.807) is 18.2 Å². The Morgan fingerprint density at radius 2 is 2.07 bits per heavy atom. The predicted molar refractivity (Wildman–Crippen MR) is 53.3 cm³/mol. The van der Waals surface area contributed by atoms with Crippen molar-refractivity contribution in [2.75, 3.05) is 0 Å². The molecule has 0 bridgehead atoms. The lowest BCUT2D eigenvalue weighted by molar-refractivity contribution is 1.39. The van der Waals surface area contributed by atoms with Crippen molar-refractivity contribution < 1.29 is 0 Å². The van der Waals surface area contributed by atoms with Crippen molar-refractivity contribution >= 4 is 11.6 Å². The molecule has 0 unspecified atom stereocenters. The molecule has 1 rings (SSSR count). The summed E-state index contributed by atoms with van der Waals surface area (Å²) in [6.45, 7) is 0. The molecular formula is C11H5ClN2. The van der Waals surface area contributed by atoms with E-state index < -0.39 is 0 Å². The third-order valence-corrected chi connectivity index (χ3v) is 1.80. The molecule has 0 spiro atoms. The molecule has 0 N–H and O–H groups in total. The highest BCUT2D eigenvalue weighted by Gasteiger charge is 1.98. The van der Waals surface area contributed by atoms with E-state index >= 15 is 0 Å². The number of nitrogens with zero attached hydrogens (tertiary/aromatic N) is 2. The van der Waals surface area contributed by atoms with Crippen molar-refractivity contribution in [3.63, 3.8) is 0 Å². The molecule has 0 saturated heterocycles. The van der Waals surface area contributed by atoms with E-state index in [1.165, 1.54) is 0 Å². The van der Waals surface area contributed by atoms with Gasteiger partial charge in [0.25, 0.3) is 0 Å². The Balaban J connectivity index is 2.96. The second-order valence-electron chi connectivity index (χ2n) is 2.44. The van der Waals surface area contributed by atoms with Crippen LogP contribution in [0, 0.1) is 34.5 Å². The molecule has 0 aliphatic heterocycles. The summed E-state index contributed by atoms with van der Waals surface area (Å²) in [6, 6.07) is 8.80. The van der Waals surface area contributed by atoms with Crippen LogP contribution >= 0.6 is 11.6 Å². The molecular weight excluding hydrogens is 196 g/mol. The van der Waals surface area contributed by atoms with Gasteiger partial charge in [-0.1, -0.05) is 23.4 Å². The van der Waals surface area contributed by atoms with Crippen LogP contribution in [0.5, 0.6) is 0 Å². The predicted octanol–water partition coefficient (Wildman–Crippen LogP) is 2.48. The van der Waals surface area contributed by atoms with E-state index in [4.69, 9.17) is 22.1 Å². The fraction of sp³-hybridized carbons (Fsp3) is 0.0909. The first-order valence-electron chi connectivity index (χ1n) is 3.83. The zero-order valence-electron chi connectivity index (χ0n) is 7.21. The molecule has 3 heteroatoms. The fourth-order valence-corrected chi connectivity index (χ4v) is 1.09. The van der Waals surface area contributed by atoms with Crippen LogP contribution in [-0.2, 0) is 0 Å². The SMILES string of the molecule is N#CCC#Cc1ccc(C#N)c(Cl)c1. The highest BCUT2D eigenvalue weighted by molar-refractivity contribution is 6.31. The van der Waals surface area contributed by atoms with E-state index in [0.29, 0.717) is 16.1 Å². The van der Waals surface area contributed by atoms with Gasteiger partial charge in [-0.2, -0.15) is 10.5 Å². The van der Waals surface area contributed by atoms with Gasteiger partial charge in [0.15, 0.2) is 0 Å². The number of nitriles is 2. The van der Waals surface area contributed by atoms with Crippen molar-refractivity contribution in [2.45, 2.75) is 6.42 Å². The van der Waals surface area contributed by atoms with E-state index in [2.05, 4.69) is 11.8 Å². The Morgan fingerprint density at radius 1 is 1.29 bits per heavy atom. The molecule has 0 aliphatic rings. The lowest BCUT2D eigenvalue weighted by atomic mass is 10.1. The van der Waals surface area contributed by atoms with Crippen LogP contribution in [0.3, 0.4) is 0 Å². The normalized spacial score (nSPS) is 7.93. The maximum absolute atomic E-state index is 8.61. The van der Waals surface area contributed by atoms with Gasteiger partial charge < -0.3 is 0 Å². The van der Waals surface area contributed by atoms with Gasteiger partial charge in [-0.05, 0) is 18.2 Å². The Labute approximate surface area is 87.3 Å². The second kappa shape index (κ2) is 4.93. The smallest absolute Gasteiger partial charge is 0.101 e. The van der Waals surface area contributed by atoms with Gasteiger partial charge in [0.05, 0.1) is 23.1 Å². The van der Waals surface area contributed by atoms with Gasteiger partial charge in [-0.3, -0.25) is 0 Å². The number of hydrogen-bond donors (Lipinski definition) is 0. The molecule has 14 heavy (non-hydrogen) atoms. The molecule has 0 heterocycles.